The Kier molecular flexibility index (Phi) is 17.6. The fraction of sp³-hybridized carbons (Fsp3) is 0. The van der Waals surface area contributed by atoms with Gasteiger partial charge in [-0.05, 0) is 120 Å². The number of hydrogen-bond donors (Lipinski definition) is 0. The van der Waals surface area contributed by atoms with Crippen LogP contribution in [-0.2, 0) is 0 Å². The first kappa shape index (κ1) is 44.3. The Balaban J connectivity index is 0.000000145. The van der Waals surface area contributed by atoms with Gasteiger partial charge < -0.3 is 0 Å². The molecule has 0 fully saturated rings. The van der Waals surface area contributed by atoms with Crippen LogP contribution in [0.1, 0.15) is 0 Å². The average Bonchev–Trinajstić information content (AvgIpc) is 3.40. The molecular formula is C64H44. The highest BCUT2D eigenvalue weighted by Gasteiger charge is 2.06. The number of hydrogen-bond acceptors (Lipinski definition) is 0. The fourth-order valence-electron chi connectivity index (χ4n) is 6.68. The van der Waals surface area contributed by atoms with E-state index in [4.69, 9.17) is 12.8 Å². The van der Waals surface area contributed by atoms with Gasteiger partial charge in [0.2, 0.25) is 0 Å². The normalized spacial score (nSPS) is 9.16. The first-order valence-corrected chi connectivity index (χ1v) is 20.8. The van der Waals surface area contributed by atoms with Crippen molar-refractivity contribution in [3.8, 4) is 127 Å². The molecule has 0 aromatic heterocycles. The van der Waals surface area contributed by atoms with Gasteiger partial charge in [-0.15, -0.1) is 12.8 Å². The smallest absolute Gasteiger partial charge is 0.000000673 e. The summed E-state index contributed by atoms with van der Waals surface area (Å²) < 4.78 is 0. The monoisotopic (exact) mass is 812 g/mol. The van der Waals surface area contributed by atoms with Crippen molar-refractivity contribution >= 4 is 0 Å². The largest absolute Gasteiger partial charge is 0.106 e. The molecule has 9 aromatic rings. The predicted molar refractivity (Wildman–Crippen MR) is 273 cm³/mol. The molecule has 0 aliphatic carbocycles. The van der Waals surface area contributed by atoms with Gasteiger partial charge in [-0.3, -0.25) is 0 Å². The summed E-state index contributed by atoms with van der Waals surface area (Å²) >= 11 is 0. The molecule has 0 saturated heterocycles. The lowest BCUT2D eigenvalue weighted by molar-refractivity contribution is 1.58. The highest BCUT2D eigenvalue weighted by molar-refractivity contribution is 5.83. The minimum Gasteiger partial charge on any atom is -0.106 e. The van der Waals surface area contributed by atoms with E-state index >= 15 is 0 Å². The van der Waals surface area contributed by atoms with Crippen molar-refractivity contribution in [2.24, 2.45) is 0 Å². The molecular weight excluding hydrogens is 769 g/mol. The predicted octanol–water partition coefficient (Wildman–Crippen LogP) is 15.3. The Hall–Kier alpha value is -9.22. The van der Waals surface area contributed by atoms with Crippen LogP contribution in [-0.4, -0.2) is 0 Å². The minimum absolute atomic E-state index is 1.26. The van der Waals surface area contributed by atoms with Crippen LogP contribution in [0, 0.1) is 60.2 Å². The second-order valence-corrected chi connectivity index (χ2v) is 13.9. The van der Waals surface area contributed by atoms with Crippen LogP contribution in [0.4, 0.5) is 0 Å². The second-order valence-electron chi connectivity index (χ2n) is 13.9. The summed E-state index contributed by atoms with van der Waals surface area (Å²) in [6, 6.07) is 88.8. The van der Waals surface area contributed by atoms with E-state index in [1.54, 1.807) is 0 Å². The molecule has 0 saturated carbocycles. The topological polar surface area (TPSA) is 0 Å². The Morgan fingerprint density at radius 1 is 0.188 bits per heavy atom. The molecule has 0 unspecified atom stereocenters. The van der Waals surface area contributed by atoms with Crippen LogP contribution in [0.25, 0.3) is 66.8 Å². The van der Waals surface area contributed by atoms with Crippen LogP contribution in [0.3, 0.4) is 0 Å². The molecule has 64 heavy (non-hydrogen) atoms. The van der Waals surface area contributed by atoms with Gasteiger partial charge in [0.05, 0.1) is 0 Å². The van der Waals surface area contributed by atoms with Crippen LogP contribution in [0.15, 0.2) is 255 Å². The molecule has 0 heterocycles. The first-order chi connectivity index (χ1) is 31.7. The van der Waals surface area contributed by atoms with E-state index in [-0.39, 0.29) is 0 Å². The summed E-state index contributed by atoms with van der Waals surface area (Å²) in [6.07, 6.45) is 9.62. The Morgan fingerprint density at radius 2 is 0.406 bits per heavy atom. The SMILES string of the molecule is C#CC#CC#CC#CC#C.c1ccc(-c2ccc(-c3ccccc3)cc2)cc1.c1ccc(-c2cccc(-c3ccccc3)c2)cc1.c1ccc(-c2ccccc2-c2ccccc2)cc1. The third kappa shape index (κ3) is 13.9. The van der Waals surface area contributed by atoms with Crippen LogP contribution < -0.4 is 0 Å². The molecule has 0 heteroatoms. The summed E-state index contributed by atoms with van der Waals surface area (Å²) in [5.74, 6) is 18.4. The van der Waals surface area contributed by atoms with E-state index in [0.29, 0.717) is 0 Å². The minimum atomic E-state index is 1.26. The van der Waals surface area contributed by atoms with E-state index in [0.717, 1.165) is 0 Å². The molecule has 0 nitrogen and oxygen atoms in total. The van der Waals surface area contributed by atoms with E-state index in [1.165, 1.54) is 66.8 Å². The third-order valence-electron chi connectivity index (χ3n) is 9.73. The van der Waals surface area contributed by atoms with Crippen LogP contribution in [0.2, 0.25) is 0 Å². The maximum absolute atomic E-state index is 4.81. The molecule has 300 valence electrons. The standard InChI is InChI=1S/3C18H14.C10H2/c1-3-9-15(10-4-1)17-13-7-8-14-18(17)16-11-5-2-6-12-16;1-3-8-15(9-4-1)17-12-7-13-18(14-17)16-10-5-2-6-11-16;1-3-7-15(8-4-1)17-11-13-18(14-12-17)16-9-5-2-6-10-16;1-3-5-7-9-10-8-6-4-2/h3*1-14H;1-2H. The maximum atomic E-state index is 4.81. The zero-order chi connectivity index (χ0) is 44.3. The summed E-state index contributed by atoms with van der Waals surface area (Å²) in [7, 11) is 0. The van der Waals surface area contributed by atoms with Crippen molar-refractivity contribution < 1.29 is 0 Å². The first-order valence-electron chi connectivity index (χ1n) is 20.8. The molecule has 9 rings (SSSR count). The molecule has 0 atom stereocenters. The highest BCUT2D eigenvalue weighted by atomic mass is 14.1. The van der Waals surface area contributed by atoms with Gasteiger partial charge in [0.25, 0.3) is 0 Å². The Labute approximate surface area is 380 Å². The molecule has 0 radical (unpaired) electrons. The molecule has 0 amide bonds. The summed E-state index contributed by atoms with van der Waals surface area (Å²) in [5.41, 5.74) is 15.2. The van der Waals surface area contributed by atoms with Gasteiger partial charge in [-0.1, -0.05) is 249 Å². The van der Waals surface area contributed by atoms with Crippen molar-refractivity contribution in [3.63, 3.8) is 0 Å². The number of rotatable bonds is 6. The van der Waals surface area contributed by atoms with Crippen LogP contribution >= 0.6 is 0 Å². The zero-order valence-electron chi connectivity index (χ0n) is 35.4. The summed E-state index contributed by atoms with van der Waals surface area (Å²) in [4.78, 5) is 0. The third-order valence-corrected chi connectivity index (χ3v) is 9.73. The van der Waals surface area contributed by atoms with Gasteiger partial charge in [0.1, 0.15) is 0 Å². The highest BCUT2D eigenvalue weighted by Crippen LogP contribution is 2.32. The summed E-state index contributed by atoms with van der Waals surface area (Å²) in [6.45, 7) is 0. The van der Waals surface area contributed by atoms with Gasteiger partial charge >= 0.3 is 0 Å². The van der Waals surface area contributed by atoms with Gasteiger partial charge in [0.15, 0.2) is 0 Å². The van der Waals surface area contributed by atoms with Crippen molar-refractivity contribution in [1.29, 1.82) is 0 Å². The van der Waals surface area contributed by atoms with Gasteiger partial charge in [-0.2, -0.15) is 0 Å². The van der Waals surface area contributed by atoms with Crippen molar-refractivity contribution in [2.45, 2.75) is 0 Å². The van der Waals surface area contributed by atoms with E-state index in [1.807, 2.05) is 24.3 Å². The lowest BCUT2D eigenvalue weighted by Gasteiger charge is -2.09. The van der Waals surface area contributed by atoms with Crippen LogP contribution in [0.5, 0.6) is 0 Å². The molecule has 0 N–H and O–H groups in total. The molecule has 0 aliphatic rings. The summed E-state index contributed by atoms with van der Waals surface area (Å²) in [5, 5.41) is 0. The molecule has 0 aliphatic heterocycles. The Bertz CT molecular complexity index is 2860. The van der Waals surface area contributed by atoms with Crippen molar-refractivity contribution in [2.75, 3.05) is 0 Å². The van der Waals surface area contributed by atoms with E-state index in [2.05, 4.69) is 278 Å². The number of benzene rings is 9. The molecule has 0 bridgehead atoms. The second kappa shape index (κ2) is 25.4. The van der Waals surface area contributed by atoms with Crippen molar-refractivity contribution in [1.82, 2.24) is 0 Å². The van der Waals surface area contributed by atoms with Crippen molar-refractivity contribution in [3.05, 3.63) is 255 Å². The lowest BCUT2D eigenvalue weighted by Crippen LogP contribution is -1.83. The van der Waals surface area contributed by atoms with Gasteiger partial charge in [-0.25, -0.2) is 0 Å². The molecule has 9 aromatic carbocycles. The van der Waals surface area contributed by atoms with Gasteiger partial charge in [0, 0.05) is 0 Å². The lowest BCUT2D eigenvalue weighted by atomic mass is 9.95. The average molecular weight is 813 g/mol. The van der Waals surface area contributed by atoms with E-state index in [9.17, 15) is 0 Å². The zero-order valence-corrected chi connectivity index (χ0v) is 35.4. The maximum Gasteiger partial charge on any atom is -0.000000673 e. The fourth-order valence-corrected chi connectivity index (χ4v) is 6.68. The molecule has 0 spiro atoms. The number of terminal acetylenes is 2. The quantitative estimate of drug-likeness (QED) is 0.147. The van der Waals surface area contributed by atoms with E-state index < -0.39 is 0 Å². The Morgan fingerprint density at radius 3 is 0.703 bits per heavy atom.